The summed E-state index contributed by atoms with van der Waals surface area (Å²) in [6.07, 6.45) is 1.79. The number of amides is 2. The highest BCUT2D eigenvalue weighted by Gasteiger charge is 2.20. The molecule has 0 aromatic heterocycles. The highest BCUT2D eigenvalue weighted by molar-refractivity contribution is 5.98. The molecule has 0 spiro atoms. The molecule has 7 heteroatoms. The van der Waals surface area contributed by atoms with Crippen LogP contribution >= 0.6 is 0 Å². The molecule has 0 aliphatic rings. The molecule has 156 valence electrons. The van der Waals surface area contributed by atoms with Crippen LogP contribution in [-0.2, 0) is 30.3 Å². The Kier molecular flexibility index (Phi) is 8.50. The Hall–Kier alpha value is -3.74. The third kappa shape index (κ3) is 7.71. The number of rotatable bonds is 9. The van der Waals surface area contributed by atoms with Crippen molar-refractivity contribution in [3.05, 3.63) is 77.5 Å². The fraction of sp³-hybridized carbons (Fsp3) is 0.217. The first-order valence-electron chi connectivity index (χ1n) is 9.40. The van der Waals surface area contributed by atoms with Gasteiger partial charge in [0.1, 0.15) is 5.70 Å². The minimum Gasteiger partial charge on any atom is -0.451 e. The van der Waals surface area contributed by atoms with Gasteiger partial charge in [-0.25, -0.2) is 4.79 Å². The summed E-state index contributed by atoms with van der Waals surface area (Å²) < 4.78 is 5.02. The maximum absolute atomic E-state index is 12.3. The Bertz CT molecular complexity index is 923. The van der Waals surface area contributed by atoms with Gasteiger partial charge in [-0.05, 0) is 30.5 Å². The van der Waals surface area contributed by atoms with Crippen LogP contribution in [0, 0.1) is 0 Å². The van der Waals surface area contributed by atoms with E-state index in [2.05, 4.69) is 10.6 Å². The smallest absolute Gasteiger partial charge is 0.355 e. The lowest BCUT2D eigenvalue weighted by Crippen LogP contribution is -2.43. The molecule has 7 nitrogen and oxygen atoms in total. The molecule has 2 aromatic rings. The number of hydrogen-bond donors (Lipinski definition) is 2. The van der Waals surface area contributed by atoms with Gasteiger partial charge in [0.25, 0.3) is 5.91 Å². The van der Waals surface area contributed by atoms with Crippen LogP contribution in [0.3, 0.4) is 0 Å². The Labute approximate surface area is 175 Å². The number of hydrogen-bond acceptors (Lipinski definition) is 5. The monoisotopic (exact) mass is 408 g/mol. The van der Waals surface area contributed by atoms with Gasteiger partial charge in [0, 0.05) is 6.92 Å². The largest absolute Gasteiger partial charge is 0.451 e. The Morgan fingerprint density at radius 3 is 2.10 bits per heavy atom. The molecule has 0 saturated heterocycles. The van der Waals surface area contributed by atoms with E-state index in [4.69, 9.17) is 4.74 Å². The molecule has 2 rings (SSSR count). The van der Waals surface area contributed by atoms with Crippen LogP contribution < -0.4 is 10.6 Å². The lowest BCUT2D eigenvalue weighted by atomic mass is 10.0. The summed E-state index contributed by atoms with van der Waals surface area (Å²) in [5, 5.41) is 4.98. The van der Waals surface area contributed by atoms with Crippen molar-refractivity contribution in [1.82, 2.24) is 10.6 Å². The first kappa shape index (κ1) is 22.5. The number of ether oxygens (including phenoxy) is 1. The van der Waals surface area contributed by atoms with Crippen LogP contribution in [0.4, 0.5) is 0 Å². The molecule has 0 aliphatic carbocycles. The van der Waals surface area contributed by atoms with Crippen molar-refractivity contribution < 1.29 is 23.9 Å². The number of carbonyl (C=O) groups is 4. The first-order valence-corrected chi connectivity index (χ1v) is 9.40. The van der Waals surface area contributed by atoms with Crippen LogP contribution in [0.1, 0.15) is 25.0 Å². The van der Waals surface area contributed by atoms with Crippen molar-refractivity contribution >= 4 is 29.6 Å². The summed E-state index contributed by atoms with van der Waals surface area (Å²) in [4.78, 5) is 47.8. The number of nitrogens with one attached hydrogen (secondary N) is 2. The number of carbonyl (C=O) groups excluding carboxylic acids is 4. The normalized spacial score (nSPS) is 11.9. The predicted octanol–water partition coefficient (Wildman–Crippen LogP) is 2.02. The summed E-state index contributed by atoms with van der Waals surface area (Å²) in [7, 11) is 0. The highest BCUT2D eigenvalue weighted by atomic mass is 16.5. The topological polar surface area (TPSA) is 102 Å². The predicted molar refractivity (Wildman–Crippen MR) is 112 cm³/mol. The van der Waals surface area contributed by atoms with Crippen LogP contribution in [-0.4, -0.2) is 36.2 Å². The molecule has 2 N–H and O–H groups in total. The van der Waals surface area contributed by atoms with Crippen molar-refractivity contribution in [2.75, 3.05) is 6.61 Å². The molecule has 0 radical (unpaired) electrons. The van der Waals surface area contributed by atoms with E-state index in [0.717, 1.165) is 5.56 Å². The quantitative estimate of drug-likeness (QED) is 0.488. The second kappa shape index (κ2) is 11.3. The van der Waals surface area contributed by atoms with Gasteiger partial charge < -0.3 is 15.4 Å². The van der Waals surface area contributed by atoms with E-state index in [1.165, 1.54) is 19.9 Å². The number of esters is 1. The molecule has 2 aromatic carbocycles. The third-order valence-corrected chi connectivity index (χ3v) is 4.08. The Balaban J connectivity index is 1.98. The molecule has 0 aliphatic heterocycles. The first-order chi connectivity index (χ1) is 14.3. The molecule has 1 unspecified atom stereocenters. The van der Waals surface area contributed by atoms with Gasteiger partial charge in [-0.2, -0.15) is 0 Å². The van der Waals surface area contributed by atoms with Crippen LogP contribution in [0.25, 0.3) is 6.08 Å². The summed E-state index contributed by atoms with van der Waals surface area (Å²) in [5.74, 6) is -2.12. The zero-order valence-electron chi connectivity index (χ0n) is 16.9. The second-order valence-corrected chi connectivity index (χ2v) is 6.65. The van der Waals surface area contributed by atoms with Gasteiger partial charge in [0.2, 0.25) is 5.91 Å². The van der Waals surface area contributed by atoms with Crippen molar-refractivity contribution in [1.29, 1.82) is 0 Å². The van der Waals surface area contributed by atoms with Gasteiger partial charge in [-0.1, -0.05) is 60.7 Å². The highest BCUT2D eigenvalue weighted by Crippen LogP contribution is 2.07. The SMILES string of the molecule is CC(=O)N/C(=C\c1ccccc1)C(=O)OCC(=O)NC(Cc1ccccc1)C(C)=O. The standard InChI is InChI=1S/C23H24N2O5/c1-16(26)20(13-18-9-5-3-6-10-18)25-22(28)15-30-23(29)21(24-17(2)27)14-19-11-7-4-8-12-19/h3-12,14,20H,13,15H2,1-2H3,(H,24,27)(H,25,28)/b21-14-. The third-order valence-electron chi connectivity index (χ3n) is 4.08. The molecule has 0 saturated carbocycles. The average Bonchev–Trinajstić information content (AvgIpc) is 2.72. The van der Waals surface area contributed by atoms with E-state index < -0.39 is 30.4 Å². The fourth-order valence-electron chi connectivity index (χ4n) is 2.64. The van der Waals surface area contributed by atoms with Crippen molar-refractivity contribution in [3.8, 4) is 0 Å². The molecular formula is C23H24N2O5. The van der Waals surface area contributed by atoms with Gasteiger partial charge in [0.05, 0.1) is 6.04 Å². The summed E-state index contributed by atoms with van der Waals surface area (Å²) in [6, 6.07) is 17.4. The molecule has 2 amide bonds. The van der Waals surface area contributed by atoms with Crippen molar-refractivity contribution in [3.63, 3.8) is 0 Å². The maximum atomic E-state index is 12.3. The minimum atomic E-state index is -0.855. The zero-order valence-corrected chi connectivity index (χ0v) is 16.9. The molecule has 0 bridgehead atoms. The van der Waals surface area contributed by atoms with Crippen LogP contribution in [0.15, 0.2) is 66.4 Å². The van der Waals surface area contributed by atoms with Crippen LogP contribution in [0.5, 0.6) is 0 Å². The molecular weight excluding hydrogens is 384 g/mol. The van der Waals surface area contributed by atoms with E-state index >= 15 is 0 Å². The van der Waals surface area contributed by atoms with Crippen molar-refractivity contribution in [2.24, 2.45) is 0 Å². The summed E-state index contributed by atoms with van der Waals surface area (Å²) >= 11 is 0. The number of Topliss-reactive ketones (excluding diaryl/α,β-unsaturated/α-hetero) is 1. The molecule has 30 heavy (non-hydrogen) atoms. The van der Waals surface area contributed by atoms with E-state index in [9.17, 15) is 19.2 Å². The van der Waals surface area contributed by atoms with Gasteiger partial charge in [-0.15, -0.1) is 0 Å². The molecule has 0 heterocycles. The van der Waals surface area contributed by atoms with Gasteiger partial charge in [0.15, 0.2) is 12.4 Å². The van der Waals surface area contributed by atoms with E-state index in [1.807, 2.05) is 36.4 Å². The maximum Gasteiger partial charge on any atom is 0.355 e. The van der Waals surface area contributed by atoms with Crippen LogP contribution in [0.2, 0.25) is 0 Å². The molecule has 1 atom stereocenters. The summed E-state index contributed by atoms with van der Waals surface area (Å²) in [5.41, 5.74) is 1.49. The lowest BCUT2D eigenvalue weighted by Gasteiger charge is -2.16. The second-order valence-electron chi connectivity index (χ2n) is 6.65. The summed E-state index contributed by atoms with van der Waals surface area (Å²) in [6.45, 7) is 2.07. The van der Waals surface area contributed by atoms with E-state index in [0.29, 0.717) is 12.0 Å². The van der Waals surface area contributed by atoms with Gasteiger partial charge in [-0.3, -0.25) is 14.4 Å². The minimum absolute atomic E-state index is 0.0890. The zero-order chi connectivity index (χ0) is 21.9. The lowest BCUT2D eigenvalue weighted by molar-refractivity contribution is -0.146. The number of benzene rings is 2. The fourth-order valence-corrected chi connectivity index (χ4v) is 2.64. The van der Waals surface area contributed by atoms with E-state index in [-0.39, 0.29) is 11.5 Å². The average molecular weight is 408 g/mol. The van der Waals surface area contributed by atoms with Crippen molar-refractivity contribution in [2.45, 2.75) is 26.3 Å². The Morgan fingerprint density at radius 2 is 1.53 bits per heavy atom. The number of ketones is 1. The van der Waals surface area contributed by atoms with E-state index in [1.54, 1.807) is 24.3 Å². The molecule has 0 fully saturated rings. The van der Waals surface area contributed by atoms with Gasteiger partial charge >= 0.3 is 5.97 Å². The Morgan fingerprint density at radius 1 is 0.933 bits per heavy atom.